The summed E-state index contributed by atoms with van der Waals surface area (Å²) in [6, 6.07) is 65.6. The molecule has 314 valence electrons. The normalized spacial score (nSPS) is 22.8. The molecule has 0 radical (unpaired) electrons. The third-order valence-corrected chi connectivity index (χ3v) is 31.2. The van der Waals surface area contributed by atoms with Crippen LogP contribution in [0.5, 0.6) is 23.0 Å². The number of benzene rings is 8. The monoisotopic (exact) mass is 980 g/mol. The van der Waals surface area contributed by atoms with Gasteiger partial charge in [-0.05, 0) is 118 Å². The van der Waals surface area contributed by atoms with Gasteiger partial charge in [0.25, 0.3) is 0 Å². The molecule has 8 aromatic carbocycles. The van der Waals surface area contributed by atoms with Gasteiger partial charge in [0.05, 0.1) is 0 Å². The Balaban J connectivity index is 1.10. The van der Waals surface area contributed by atoms with Crippen LogP contribution in [0.15, 0.2) is 194 Å². The standard InChI is InChI=1S/C50H36N2O4P4S4/c61-57(47-29-13-5-21-39(47)35-17-1-9-25-43(35)53-57)51(58(62)48-30-14-6-22-40(48)36-18-2-10-26-44(36)54-58)33-34-52(59(63)49-31-15-7-23-41(49)37-19-3-11-27-45(37)55-59)60(64)50-32-16-8-24-42(50)38-20-4-12-28-46(38)56-60/h1-32H,33-34H2. The number of hydrogen-bond donors (Lipinski definition) is 0. The van der Waals surface area contributed by atoms with E-state index in [1.807, 2.05) is 97.1 Å². The fourth-order valence-corrected chi connectivity index (χ4v) is 29.7. The minimum atomic E-state index is -3.33. The van der Waals surface area contributed by atoms with E-state index in [9.17, 15) is 0 Å². The van der Waals surface area contributed by atoms with Crippen LogP contribution in [-0.4, -0.2) is 22.0 Å². The Morgan fingerprint density at radius 1 is 0.266 bits per heavy atom. The Labute approximate surface area is 393 Å². The maximum Gasteiger partial charge on any atom is 0.217 e. The molecular formula is C50H36N2O4P4S4. The van der Waals surface area contributed by atoms with Crippen LogP contribution in [-0.2, 0) is 47.2 Å². The summed E-state index contributed by atoms with van der Waals surface area (Å²) >= 11 is 28.5. The van der Waals surface area contributed by atoms with Crippen LogP contribution in [0.4, 0.5) is 0 Å². The zero-order chi connectivity index (χ0) is 43.3. The summed E-state index contributed by atoms with van der Waals surface area (Å²) in [6.07, 6.45) is -13.3. The lowest BCUT2D eigenvalue weighted by atomic mass is 10.0. The third kappa shape index (κ3) is 6.16. The van der Waals surface area contributed by atoms with Gasteiger partial charge in [-0.2, -0.15) is 8.88 Å². The van der Waals surface area contributed by atoms with Gasteiger partial charge in [-0.1, -0.05) is 146 Å². The van der Waals surface area contributed by atoms with E-state index in [0.29, 0.717) is 23.0 Å². The van der Waals surface area contributed by atoms with E-state index in [1.54, 1.807) is 0 Å². The van der Waals surface area contributed by atoms with E-state index in [2.05, 4.69) is 106 Å². The Hall–Kier alpha value is -4.52. The minimum absolute atomic E-state index is 0.263. The van der Waals surface area contributed by atoms with Crippen LogP contribution in [0, 0.1) is 0 Å². The van der Waals surface area contributed by atoms with Crippen molar-refractivity contribution >= 4 is 94.1 Å². The summed E-state index contributed by atoms with van der Waals surface area (Å²) in [5.74, 6) is 2.84. The van der Waals surface area contributed by atoms with Gasteiger partial charge in [0, 0.05) is 56.6 Å². The maximum absolute atomic E-state index is 7.33. The van der Waals surface area contributed by atoms with Crippen molar-refractivity contribution in [3.63, 3.8) is 0 Å². The molecule has 4 aliphatic heterocycles. The molecule has 14 heteroatoms. The topological polar surface area (TPSA) is 43.4 Å². The first-order chi connectivity index (χ1) is 31.2. The minimum Gasteiger partial charge on any atom is -0.448 e. The molecule has 0 bridgehead atoms. The quantitative estimate of drug-likeness (QED) is 0.144. The van der Waals surface area contributed by atoms with E-state index in [1.165, 1.54) is 0 Å². The third-order valence-electron chi connectivity index (χ3n) is 12.1. The molecular weight excluding hydrogens is 945 g/mol. The number of hydrogen-bond acceptors (Lipinski definition) is 8. The van der Waals surface area contributed by atoms with Crippen molar-refractivity contribution in [3.8, 4) is 67.5 Å². The summed E-state index contributed by atoms with van der Waals surface area (Å²) < 4.78 is 33.8. The van der Waals surface area contributed by atoms with E-state index in [-0.39, 0.29) is 13.1 Å². The zero-order valence-electron chi connectivity index (χ0n) is 33.8. The van der Waals surface area contributed by atoms with Crippen molar-refractivity contribution < 1.29 is 18.1 Å². The second-order valence-electron chi connectivity index (χ2n) is 15.7. The Kier molecular flexibility index (Phi) is 9.95. The molecule has 0 saturated heterocycles. The predicted octanol–water partition coefficient (Wildman–Crippen LogP) is 12.4. The summed E-state index contributed by atoms with van der Waals surface area (Å²) in [5, 5.41) is 3.64. The molecule has 0 amide bonds. The fourth-order valence-electron chi connectivity index (χ4n) is 9.30. The molecule has 0 aromatic heterocycles. The summed E-state index contributed by atoms with van der Waals surface area (Å²) in [4.78, 5) is 0. The highest BCUT2D eigenvalue weighted by atomic mass is 32.5. The number of rotatable bonds is 7. The SMILES string of the molecule is S=P1(N(CCN(P2(=S)Oc3ccccc3-c3ccccc32)P2(=S)Oc3ccccc3-c3ccccc32)P2(=S)Oc3ccccc3-c3ccccc32)Oc2ccccc2-c2ccccc21. The smallest absolute Gasteiger partial charge is 0.217 e. The van der Waals surface area contributed by atoms with Crippen LogP contribution in [0.2, 0.25) is 0 Å². The van der Waals surface area contributed by atoms with Gasteiger partial charge in [0.2, 0.25) is 25.7 Å². The van der Waals surface area contributed by atoms with Crippen molar-refractivity contribution in [1.82, 2.24) is 8.88 Å². The van der Waals surface area contributed by atoms with Crippen LogP contribution in [0.1, 0.15) is 0 Å². The lowest BCUT2D eigenvalue weighted by molar-refractivity contribution is 0.464. The molecule has 0 aliphatic carbocycles. The van der Waals surface area contributed by atoms with Crippen LogP contribution >= 0.6 is 25.7 Å². The fraction of sp³-hybridized carbons (Fsp3) is 0.0400. The average Bonchev–Trinajstić information content (AvgIpc) is 3.33. The van der Waals surface area contributed by atoms with Crippen molar-refractivity contribution in [2.24, 2.45) is 0 Å². The van der Waals surface area contributed by atoms with E-state index in [0.717, 1.165) is 65.7 Å². The highest BCUT2D eigenvalue weighted by molar-refractivity contribution is 8.24. The molecule has 4 unspecified atom stereocenters. The molecule has 12 rings (SSSR count). The highest BCUT2D eigenvalue weighted by Crippen LogP contribution is 2.74. The Morgan fingerprint density at radius 2 is 0.453 bits per heavy atom. The first-order valence-electron chi connectivity index (χ1n) is 20.7. The molecule has 4 heterocycles. The molecule has 4 aliphatic rings. The largest absolute Gasteiger partial charge is 0.448 e. The van der Waals surface area contributed by atoms with Crippen molar-refractivity contribution in [2.45, 2.75) is 0 Å². The van der Waals surface area contributed by atoms with Crippen LogP contribution < -0.4 is 39.3 Å². The van der Waals surface area contributed by atoms with Gasteiger partial charge < -0.3 is 18.1 Å². The molecule has 0 saturated carbocycles. The molecule has 0 fully saturated rings. The second kappa shape index (κ2) is 15.5. The van der Waals surface area contributed by atoms with Gasteiger partial charge in [-0.25, -0.2) is 0 Å². The summed E-state index contributed by atoms with van der Waals surface area (Å²) in [6.45, 7) is 0.525. The van der Waals surface area contributed by atoms with Gasteiger partial charge in [-0.15, -0.1) is 0 Å². The van der Waals surface area contributed by atoms with E-state index >= 15 is 0 Å². The molecule has 6 nitrogen and oxygen atoms in total. The van der Waals surface area contributed by atoms with E-state index < -0.39 is 25.7 Å². The van der Waals surface area contributed by atoms with E-state index in [4.69, 9.17) is 65.3 Å². The van der Waals surface area contributed by atoms with Crippen molar-refractivity contribution in [2.75, 3.05) is 13.1 Å². The van der Waals surface area contributed by atoms with Gasteiger partial charge in [0.1, 0.15) is 23.0 Å². The molecule has 0 spiro atoms. The van der Waals surface area contributed by atoms with Gasteiger partial charge in [-0.3, -0.25) is 0 Å². The lowest BCUT2D eigenvalue weighted by Gasteiger charge is -2.49. The van der Waals surface area contributed by atoms with Crippen molar-refractivity contribution in [1.29, 1.82) is 0 Å². The van der Waals surface area contributed by atoms with Gasteiger partial charge >= 0.3 is 0 Å². The number of fused-ring (bicyclic) bond motifs is 12. The molecule has 64 heavy (non-hydrogen) atoms. The molecule has 0 N–H and O–H groups in total. The highest BCUT2D eigenvalue weighted by Gasteiger charge is 2.52. The Bertz CT molecular complexity index is 3010. The maximum atomic E-state index is 7.33. The first-order valence-corrected chi connectivity index (χ1v) is 31.4. The van der Waals surface area contributed by atoms with Crippen molar-refractivity contribution in [3.05, 3.63) is 194 Å². The molecule has 8 aromatic rings. The van der Waals surface area contributed by atoms with Crippen LogP contribution in [0.25, 0.3) is 44.5 Å². The summed E-state index contributed by atoms with van der Waals surface area (Å²) in [5.41, 5.74) is 7.99. The zero-order valence-corrected chi connectivity index (χ0v) is 40.7. The van der Waals surface area contributed by atoms with Gasteiger partial charge in [0.15, 0.2) is 0 Å². The first kappa shape index (κ1) is 40.9. The molecule has 4 atom stereocenters. The second-order valence-corrected chi connectivity index (χ2v) is 31.0. The predicted molar refractivity (Wildman–Crippen MR) is 279 cm³/mol. The van der Waals surface area contributed by atoms with Crippen LogP contribution in [0.3, 0.4) is 0 Å². The number of para-hydroxylation sites is 4. The average molecular weight is 981 g/mol. The summed E-state index contributed by atoms with van der Waals surface area (Å²) in [7, 11) is 0. The number of nitrogens with zero attached hydrogens (tertiary/aromatic N) is 2. The lowest BCUT2D eigenvalue weighted by Crippen LogP contribution is -2.42. The Morgan fingerprint density at radius 3 is 0.688 bits per heavy atom.